The van der Waals surface area contributed by atoms with Crippen LogP contribution in [0.5, 0.6) is 0 Å². The van der Waals surface area contributed by atoms with Gasteiger partial charge in [0.2, 0.25) is 5.82 Å². The number of fused-ring (bicyclic) bond motifs is 1. The number of rotatable bonds is 0. The Morgan fingerprint density at radius 3 is 3.40 bits per heavy atom. The number of aromatic nitrogens is 3. The van der Waals surface area contributed by atoms with Crippen LogP contribution in [-0.2, 0) is 6.54 Å². The highest BCUT2D eigenvalue weighted by atomic mass is 16.2. The topological polar surface area (TPSA) is 59.8 Å². The maximum atomic E-state index is 10.9. The van der Waals surface area contributed by atoms with Crippen LogP contribution >= 0.6 is 0 Å². The summed E-state index contributed by atoms with van der Waals surface area (Å²) in [5, 5.41) is 9.91. The first-order valence-electron chi connectivity index (χ1n) is 3.04. The van der Waals surface area contributed by atoms with Crippen molar-refractivity contribution in [3.05, 3.63) is 12.2 Å². The first-order valence-corrected chi connectivity index (χ1v) is 3.04. The minimum Gasteiger partial charge on any atom is -0.348 e. The van der Waals surface area contributed by atoms with Crippen molar-refractivity contribution in [1.29, 1.82) is 0 Å². The maximum Gasteiger partial charge on any atom is 0.289 e. The molecule has 0 atom stereocenters. The summed E-state index contributed by atoms with van der Waals surface area (Å²) in [7, 11) is 0. The van der Waals surface area contributed by atoms with Crippen LogP contribution in [0.2, 0.25) is 0 Å². The molecule has 0 fully saturated rings. The van der Waals surface area contributed by atoms with Crippen LogP contribution in [0.25, 0.3) is 0 Å². The van der Waals surface area contributed by atoms with Crippen molar-refractivity contribution in [3.63, 3.8) is 0 Å². The summed E-state index contributed by atoms with van der Waals surface area (Å²) in [6, 6.07) is 0. The minimum absolute atomic E-state index is 0.135. The Morgan fingerprint density at radius 1 is 1.70 bits per heavy atom. The van der Waals surface area contributed by atoms with E-state index in [0.717, 1.165) is 6.54 Å². The molecule has 0 saturated carbocycles. The summed E-state index contributed by atoms with van der Waals surface area (Å²) in [5.41, 5.74) is 0. The molecule has 5 nitrogen and oxygen atoms in total. The van der Waals surface area contributed by atoms with Crippen molar-refractivity contribution in [1.82, 2.24) is 20.1 Å². The third kappa shape index (κ3) is 0.601. The van der Waals surface area contributed by atoms with E-state index in [1.807, 2.05) is 0 Å². The fourth-order valence-electron chi connectivity index (χ4n) is 0.963. The smallest absolute Gasteiger partial charge is 0.289 e. The molecule has 1 N–H and O–H groups in total. The first-order chi connectivity index (χ1) is 4.88. The second kappa shape index (κ2) is 1.80. The molecular weight excluding hydrogens is 132 g/mol. The number of hydrogen-bond acceptors (Lipinski definition) is 3. The average Bonchev–Trinajstić information content (AvgIpc) is 2.36. The van der Waals surface area contributed by atoms with E-state index < -0.39 is 0 Å². The Labute approximate surface area is 57.1 Å². The lowest BCUT2D eigenvalue weighted by Gasteiger charge is -2.11. The maximum absolute atomic E-state index is 10.9. The largest absolute Gasteiger partial charge is 0.348 e. The van der Waals surface area contributed by atoms with Crippen LogP contribution in [0, 0.1) is 0 Å². The van der Waals surface area contributed by atoms with Crippen LogP contribution in [0.4, 0.5) is 0 Å². The molecule has 2 heterocycles. The summed E-state index contributed by atoms with van der Waals surface area (Å²) >= 11 is 0. The zero-order valence-corrected chi connectivity index (χ0v) is 5.24. The summed E-state index contributed by atoms with van der Waals surface area (Å²) in [6.07, 6.45) is 1.56. The molecule has 0 unspecified atom stereocenters. The Morgan fingerprint density at radius 2 is 2.60 bits per heavy atom. The molecule has 1 aliphatic heterocycles. The molecule has 1 amide bonds. The zero-order valence-electron chi connectivity index (χ0n) is 5.24. The van der Waals surface area contributed by atoms with E-state index in [-0.39, 0.29) is 5.91 Å². The predicted octanol–water partition coefficient (Wildman–Crippen LogP) is -0.979. The molecule has 0 aromatic carbocycles. The van der Waals surface area contributed by atoms with Crippen molar-refractivity contribution in [2.75, 3.05) is 6.54 Å². The van der Waals surface area contributed by atoms with Crippen LogP contribution in [0.3, 0.4) is 0 Å². The first kappa shape index (κ1) is 5.40. The molecule has 0 spiro atoms. The Balaban J connectivity index is 2.50. The fourth-order valence-corrected chi connectivity index (χ4v) is 0.963. The number of carbonyl (C=O) groups excluding carboxylic acids is 1. The highest BCUT2D eigenvalue weighted by molar-refractivity contribution is 5.91. The standard InChI is InChI=1S/C5H6N4O/c10-5-4-8-7-3-9(4)2-1-6-5/h3H,1-2H2,(H,6,10). The van der Waals surface area contributed by atoms with Gasteiger partial charge >= 0.3 is 0 Å². The quantitative estimate of drug-likeness (QED) is 0.501. The monoisotopic (exact) mass is 138 g/mol. The van der Waals surface area contributed by atoms with Gasteiger partial charge in [-0.3, -0.25) is 4.79 Å². The normalized spacial score (nSPS) is 16.2. The fraction of sp³-hybridized carbons (Fsp3) is 0.400. The van der Waals surface area contributed by atoms with Gasteiger partial charge in [-0.1, -0.05) is 0 Å². The molecule has 0 saturated heterocycles. The molecule has 1 aliphatic rings. The highest BCUT2D eigenvalue weighted by Crippen LogP contribution is 1.98. The molecule has 5 heteroatoms. The van der Waals surface area contributed by atoms with Gasteiger partial charge in [0.1, 0.15) is 6.33 Å². The summed E-state index contributed by atoms with van der Waals surface area (Å²) in [5.74, 6) is 0.273. The van der Waals surface area contributed by atoms with Crippen molar-refractivity contribution >= 4 is 5.91 Å². The van der Waals surface area contributed by atoms with Crippen LogP contribution < -0.4 is 5.32 Å². The van der Waals surface area contributed by atoms with Crippen LogP contribution in [-0.4, -0.2) is 27.2 Å². The zero-order chi connectivity index (χ0) is 6.97. The molecule has 2 rings (SSSR count). The van der Waals surface area contributed by atoms with E-state index in [0.29, 0.717) is 12.4 Å². The molecule has 10 heavy (non-hydrogen) atoms. The highest BCUT2D eigenvalue weighted by Gasteiger charge is 2.17. The number of nitrogens with one attached hydrogen (secondary N) is 1. The molecule has 0 aliphatic carbocycles. The van der Waals surface area contributed by atoms with Crippen molar-refractivity contribution < 1.29 is 4.79 Å². The molecule has 1 aromatic rings. The molecule has 0 bridgehead atoms. The number of hydrogen-bond donors (Lipinski definition) is 1. The van der Waals surface area contributed by atoms with E-state index >= 15 is 0 Å². The lowest BCUT2D eigenvalue weighted by atomic mass is 10.4. The van der Waals surface area contributed by atoms with Gasteiger partial charge in [-0.2, -0.15) is 0 Å². The van der Waals surface area contributed by atoms with Gasteiger partial charge in [-0.15, -0.1) is 10.2 Å². The van der Waals surface area contributed by atoms with Gasteiger partial charge < -0.3 is 9.88 Å². The molecular formula is C5H6N4O. The summed E-state index contributed by atoms with van der Waals surface area (Å²) in [4.78, 5) is 10.9. The van der Waals surface area contributed by atoms with E-state index in [2.05, 4.69) is 15.5 Å². The van der Waals surface area contributed by atoms with E-state index in [4.69, 9.17) is 0 Å². The Hall–Kier alpha value is -1.39. The Kier molecular flexibility index (Phi) is 0.969. The third-order valence-electron chi connectivity index (χ3n) is 1.46. The number of amides is 1. The summed E-state index contributed by atoms with van der Waals surface area (Å²) < 4.78 is 1.73. The van der Waals surface area contributed by atoms with E-state index in [9.17, 15) is 4.79 Å². The lowest BCUT2D eigenvalue weighted by Crippen LogP contribution is -2.35. The average molecular weight is 138 g/mol. The Bertz CT molecular complexity index is 266. The second-order valence-electron chi connectivity index (χ2n) is 2.10. The van der Waals surface area contributed by atoms with Gasteiger partial charge in [0.15, 0.2) is 0 Å². The van der Waals surface area contributed by atoms with Gasteiger partial charge in [0, 0.05) is 13.1 Å². The minimum atomic E-state index is -0.135. The van der Waals surface area contributed by atoms with Gasteiger partial charge in [-0.25, -0.2) is 0 Å². The molecule has 52 valence electrons. The van der Waals surface area contributed by atoms with Crippen molar-refractivity contribution in [2.45, 2.75) is 6.54 Å². The SMILES string of the molecule is O=C1NCCn2cnnc21. The molecule has 0 radical (unpaired) electrons. The van der Waals surface area contributed by atoms with Crippen molar-refractivity contribution in [2.24, 2.45) is 0 Å². The van der Waals surface area contributed by atoms with Gasteiger partial charge in [-0.05, 0) is 0 Å². The second-order valence-corrected chi connectivity index (χ2v) is 2.10. The van der Waals surface area contributed by atoms with E-state index in [1.165, 1.54) is 0 Å². The number of carbonyl (C=O) groups is 1. The van der Waals surface area contributed by atoms with E-state index in [1.54, 1.807) is 10.9 Å². The third-order valence-corrected chi connectivity index (χ3v) is 1.46. The molecule has 1 aromatic heterocycles. The summed E-state index contributed by atoms with van der Waals surface area (Å²) in [6.45, 7) is 1.44. The van der Waals surface area contributed by atoms with Crippen molar-refractivity contribution in [3.8, 4) is 0 Å². The predicted molar refractivity (Wildman–Crippen MR) is 32.4 cm³/mol. The van der Waals surface area contributed by atoms with Crippen LogP contribution in [0.1, 0.15) is 10.6 Å². The number of nitrogens with zero attached hydrogens (tertiary/aromatic N) is 3. The van der Waals surface area contributed by atoms with Crippen LogP contribution in [0.15, 0.2) is 6.33 Å². The van der Waals surface area contributed by atoms with Gasteiger partial charge in [0.25, 0.3) is 5.91 Å². The lowest BCUT2D eigenvalue weighted by molar-refractivity contribution is 0.0921. The van der Waals surface area contributed by atoms with Gasteiger partial charge in [0.05, 0.1) is 0 Å².